The Balaban J connectivity index is 2.04. The molecule has 0 amide bonds. The predicted molar refractivity (Wildman–Crippen MR) is 67.9 cm³/mol. The van der Waals surface area contributed by atoms with Crippen molar-refractivity contribution in [1.82, 2.24) is 0 Å². The lowest BCUT2D eigenvalue weighted by Gasteiger charge is -2.29. The van der Waals surface area contributed by atoms with Gasteiger partial charge >= 0.3 is 0 Å². The molecule has 0 bridgehead atoms. The van der Waals surface area contributed by atoms with Gasteiger partial charge in [0.1, 0.15) is 6.54 Å². The van der Waals surface area contributed by atoms with Crippen LogP contribution in [0.4, 0.5) is 0 Å². The summed E-state index contributed by atoms with van der Waals surface area (Å²) in [6, 6.07) is 9.01. The molecule has 1 nitrogen and oxygen atoms in total. The van der Waals surface area contributed by atoms with E-state index < -0.39 is 0 Å². The maximum absolute atomic E-state index is 3.48. The van der Waals surface area contributed by atoms with Gasteiger partial charge in [-0.25, -0.2) is 0 Å². The van der Waals surface area contributed by atoms with Crippen molar-refractivity contribution in [3.05, 3.63) is 35.4 Å². The lowest BCUT2D eigenvalue weighted by atomic mass is 10.1. The first-order chi connectivity index (χ1) is 7.22. The Morgan fingerprint density at radius 2 is 1.60 bits per heavy atom. The zero-order chi connectivity index (χ0) is 10.7. The molecular weight excluding hydrogens is 250 g/mol. The molecule has 0 N–H and O–H groups in total. The van der Waals surface area contributed by atoms with Crippen molar-refractivity contribution in [1.29, 1.82) is 0 Å². The second-order valence-corrected chi connectivity index (χ2v) is 5.44. The number of likely N-dealkylation sites (tertiary alicyclic amines) is 1. The molecule has 0 spiro atoms. The van der Waals surface area contributed by atoms with Crippen LogP contribution in [0.5, 0.6) is 0 Å². The maximum atomic E-state index is 3.48. The van der Waals surface area contributed by atoms with E-state index in [9.17, 15) is 0 Å². The van der Waals surface area contributed by atoms with E-state index in [4.69, 9.17) is 0 Å². The quantitative estimate of drug-likeness (QED) is 0.583. The van der Waals surface area contributed by atoms with Crippen LogP contribution in [0.3, 0.4) is 0 Å². The Kier molecular flexibility index (Phi) is 3.47. The summed E-state index contributed by atoms with van der Waals surface area (Å²) >= 11 is 3.48. The number of halogens is 1. The highest BCUT2D eigenvalue weighted by molar-refractivity contribution is 9.08. The smallest absolute Gasteiger partial charge is 0.104 e. The molecule has 2 rings (SSSR count). The summed E-state index contributed by atoms with van der Waals surface area (Å²) in [5.74, 6) is 0. The third kappa shape index (κ3) is 2.82. The number of hydrogen-bond donors (Lipinski definition) is 0. The number of quaternary nitrogens is 1. The van der Waals surface area contributed by atoms with Gasteiger partial charge in [-0.3, -0.25) is 0 Å². The molecule has 1 heterocycles. The summed E-state index contributed by atoms with van der Waals surface area (Å²) in [7, 11) is 2.38. The summed E-state index contributed by atoms with van der Waals surface area (Å²) < 4.78 is 1.23. The van der Waals surface area contributed by atoms with Crippen molar-refractivity contribution < 1.29 is 4.48 Å². The SMILES string of the molecule is C[N+]1(Cc2ccc(CBr)cc2)CCCC1. The highest BCUT2D eigenvalue weighted by Crippen LogP contribution is 2.20. The molecule has 0 atom stereocenters. The Morgan fingerprint density at radius 3 is 2.13 bits per heavy atom. The largest absolute Gasteiger partial charge is 0.322 e. The van der Waals surface area contributed by atoms with Crippen LogP contribution in [-0.4, -0.2) is 24.6 Å². The zero-order valence-corrected chi connectivity index (χ0v) is 11.0. The van der Waals surface area contributed by atoms with Gasteiger partial charge in [-0.05, 0) is 5.56 Å². The van der Waals surface area contributed by atoms with Gasteiger partial charge in [-0.2, -0.15) is 0 Å². The minimum atomic E-state index is 0.958. The topological polar surface area (TPSA) is 0 Å². The molecule has 1 fully saturated rings. The summed E-state index contributed by atoms with van der Waals surface area (Å²) in [4.78, 5) is 0. The summed E-state index contributed by atoms with van der Waals surface area (Å²) in [5, 5.41) is 0.958. The van der Waals surface area contributed by atoms with Crippen molar-refractivity contribution in [2.45, 2.75) is 24.7 Å². The van der Waals surface area contributed by atoms with E-state index in [1.165, 1.54) is 48.1 Å². The lowest BCUT2D eigenvalue weighted by molar-refractivity contribution is -0.910. The second-order valence-electron chi connectivity index (χ2n) is 4.88. The number of nitrogens with zero attached hydrogens (tertiary/aromatic N) is 1. The van der Waals surface area contributed by atoms with Crippen LogP contribution < -0.4 is 0 Å². The van der Waals surface area contributed by atoms with Crippen LogP contribution in [0.25, 0.3) is 0 Å². The predicted octanol–water partition coefficient (Wildman–Crippen LogP) is 3.32. The van der Waals surface area contributed by atoms with Crippen molar-refractivity contribution in [3.8, 4) is 0 Å². The van der Waals surface area contributed by atoms with E-state index in [0.29, 0.717) is 0 Å². The van der Waals surface area contributed by atoms with Crippen LogP contribution in [0.15, 0.2) is 24.3 Å². The van der Waals surface area contributed by atoms with Gasteiger partial charge in [0.2, 0.25) is 0 Å². The van der Waals surface area contributed by atoms with Crippen LogP contribution in [0.1, 0.15) is 24.0 Å². The third-order valence-electron chi connectivity index (χ3n) is 3.39. The first-order valence-electron chi connectivity index (χ1n) is 5.69. The molecule has 1 saturated heterocycles. The molecule has 0 aliphatic carbocycles. The van der Waals surface area contributed by atoms with Gasteiger partial charge in [0.25, 0.3) is 0 Å². The summed E-state index contributed by atoms with van der Waals surface area (Å²) in [6.45, 7) is 3.89. The number of hydrogen-bond acceptors (Lipinski definition) is 0. The average molecular weight is 269 g/mol. The van der Waals surface area contributed by atoms with Crippen LogP contribution in [-0.2, 0) is 11.9 Å². The summed E-state index contributed by atoms with van der Waals surface area (Å²) in [6.07, 6.45) is 2.80. The zero-order valence-electron chi connectivity index (χ0n) is 9.38. The molecule has 82 valence electrons. The van der Waals surface area contributed by atoms with Gasteiger partial charge < -0.3 is 4.48 Å². The lowest BCUT2D eigenvalue weighted by Crippen LogP contribution is -2.39. The van der Waals surface area contributed by atoms with Crippen LogP contribution >= 0.6 is 15.9 Å². The molecule has 0 unspecified atom stereocenters. The fourth-order valence-corrected chi connectivity index (χ4v) is 2.81. The molecular formula is C13H19BrN+. The standard InChI is InChI=1S/C13H19BrN/c1-15(8-2-3-9-15)11-13-6-4-12(10-14)5-7-13/h4-7H,2-3,8-11H2,1H3/q+1. The van der Waals surface area contributed by atoms with E-state index in [1.54, 1.807) is 0 Å². The fraction of sp³-hybridized carbons (Fsp3) is 0.538. The molecule has 0 radical (unpaired) electrons. The minimum absolute atomic E-state index is 0.958. The summed E-state index contributed by atoms with van der Waals surface area (Å²) in [5.41, 5.74) is 2.84. The average Bonchev–Trinajstić information content (AvgIpc) is 2.66. The van der Waals surface area contributed by atoms with E-state index in [2.05, 4.69) is 47.2 Å². The Morgan fingerprint density at radius 1 is 1.07 bits per heavy atom. The molecule has 1 aromatic rings. The van der Waals surface area contributed by atoms with Crippen molar-refractivity contribution in [2.75, 3.05) is 20.1 Å². The van der Waals surface area contributed by atoms with E-state index >= 15 is 0 Å². The van der Waals surface area contributed by atoms with Gasteiger partial charge in [-0.1, -0.05) is 40.2 Å². The molecule has 0 saturated carbocycles. The van der Waals surface area contributed by atoms with Gasteiger partial charge in [-0.15, -0.1) is 0 Å². The number of alkyl halides is 1. The molecule has 1 aliphatic rings. The van der Waals surface area contributed by atoms with Crippen LogP contribution in [0, 0.1) is 0 Å². The molecule has 15 heavy (non-hydrogen) atoms. The van der Waals surface area contributed by atoms with Gasteiger partial charge in [0.15, 0.2) is 0 Å². The van der Waals surface area contributed by atoms with E-state index in [-0.39, 0.29) is 0 Å². The Bertz CT molecular complexity index is 312. The highest BCUT2D eigenvalue weighted by atomic mass is 79.9. The Labute approximate surface area is 101 Å². The normalized spacial score (nSPS) is 19.3. The van der Waals surface area contributed by atoms with E-state index in [1.807, 2.05) is 0 Å². The number of rotatable bonds is 3. The molecule has 2 heteroatoms. The van der Waals surface area contributed by atoms with Gasteiger partial charge in [0, 0.05) is 23.7 Å². The highest BCUT2D eigenvalue weighted by Gasteiger charge is 2.26. The first kappa shape index (κ1) is 11.2. The maximum Gasteiger partial charge on any atom is 0.104 e. The number of benzene rings is 1. The minimum Gasteiger partial charge on any atom is -0.322 e. The second kappa shape index (κ2) is 4.67. The molecule has 1 aromatic carbocycles. The van der Waals surface area contributed by atoms with E-state index in [0.717, 1.165) is 5.33 Å². The van der Waals surface area contributed by atoms with Gasteiger partial charge in [0.05, 0.1) is 20.1 Å². The van der Waals surface area contributed by atoms with Crippen molar-refractivity contribution >= 4 is 15.9 Å². The third-order valence-corrected chi connectivity index (χ3v) is 4.03. The Hall–Kier alpha value is -0.340. The van der Waals surface area contributed by atoms with Crippen LogP contribution in [0.2, 0.25) is 0 Å². The first-order valence-corrected chi connectivity index (χ1v) is 6.81. The monoisotopic (exact) mass is 268 g/mol. The van der Waals surface area contributed by atoms with Crippen molar-refractivity contribution in [2.24, 2.45) is 0 Å². The van der Waals surface area contributed by atoms with Crippen molar-refractivity contribution in [3.63, 3.8) is 0 Å². The molecule has 1 aliphatic heterocycles. The molecule has 0 aromatic heterocycles. The fourth-order valence-electron chi connectivity index (χ4n) is 2.43.